The molecule has 1 amide bonds. The predicted octanol–water partition coefficient (Wildman–Crippen LogP) is 4.07. The van der Waals surface area contributed by atoms with Gasteiger partial charge in [-0.05, 0) is 30.0 Å². The number of hydrogen-bond acceptors (Lipinski definition) is 2. The average molecular weight is 233 g/mol. The first-order valence-corrected chi connectivity index (χ1v) is 5.54. The van der Waals surface area contributed by atoms with E-state index in [1.165, 1.54) is 0 Å². The third kappa shape index (κ3) is 4.31. The number of nitrogens with one attached hydrogen (secondary N) is 1. The Morgan fingerprint density at radius 3 is 2.53 bits per heavy atom. The zero-order chi connectivity index (χ0) is 13.1. The molecule has 0 spiro atoms. The van der Waals surface area contributed by atoms with E-state index in [0.717, 1.165) is 11.3 Å². The van der Waals surface area contributed by atoms with Crippen molar-refractivity contribution in [3.63, 3.8) is 0 Å². The highest BCUT2D eigenvalue weighted by Gasteiger charge is 2.14. The lowest BCUT2D eigenvalue weighted by Crippen LogP contribution is -2.14. The van der Waals surface area contributed by atoms with E-state index in [0.29, 0.717) is 5.76 Å². The van der Waals surface area contributed by atoms with Gasteiger partial charge in [0.05, 0.1) is 5.76 Å². The van der Waals surface area contributed by atoms with E-state index in [-0.39, 0.29) is 5.41 Å². The van der Waals surface area contributed by atoms with Gasteiger partial charge in [0.1, 0.15) is 0 Å². The molecule has 0 radical (unpaired) electrons. The second-order valence-corrected chi connectivity index (χ2v) is 5.05. The van der Waals surface area contributed by atoms with Crippen molar-refractivity contribution < 1.29 is 9.53 Å². The summed E-state index contributed by atoms with van der Waals surface area (Å²) >= 11 is 0. The summed E-state index contributed by atoms with van der Waals surface area (Å²) in [6, 6.07) is 7.72. The van der Waals surface area contributed by atoms with Crippen LogP contribution < -0.4 is 5.32 Å². The summed E-state index contributed by atoms with van der Waals surface area (Å²) in [4.78, 5) is 11.4. The van der Waals surface area contributed by atoms with Crippen LogP contribution in [-0.2, 0) is 10.2 Å². The molecular formula is C14H19NO2. The number of anilines is 1. The Bertz CT molecular complexity index is 430. The summed E-state index contributed by atoms with van der Waals surface area (Å²) in [5, 5.41) is 2.66. The number of carbonyl (C=O) groups is 1. The van der Waals surface area contributed by atoms with E-state index in [9.17, 15) is 4.79 Å². The fourth-order valence-electron chi connectivity index (χ4n) is 1.37. The number of hydrogen-bond donors (Lipinski definition) is 1. The SMILES string of the molecule is C=C(C)OC(=O)Nc1cccc(C(C)(C)C)c1. The van der Waals surface area contributed by atoms with Crippen LogP contribution in [0.25, 0.3) is 0 Å². The second-order valence-electron chi connectivity index (χ2n) is 5.05. The minimum atomic E-state index is -0.511. The summed E-state index contributed by atoms with van der Waals surface area (Å²) < 4.78 is 4.84. The Kier molecular flexibility index (Phi) is 3.94. The molecule has 0 fully saturated rings. The van der Waals surface area contributed by atoms with E-state index in [4.69, 9.17) is 4.74 Å². The Morgan fingerprint density at radius 2 is 2.00 bits per heavy atom. The topological polar surface area (TPSA) is 38.3 Å². The molecule has 0 saturated heterocycles. The maximum atomic E-state index is 11.4. The lowest BCUT2D eigenvalue weighted by atomic mass is 9.87. The molecule has 1 N–H and O–H groups in total. The van der Waals surface area contributed by atoms with Gasteiger partial charge in [-0.3, -0.25) is 5.32 Å². The molecule has 0 bridgehead atoms. The smallest absolute Gasteiger partial charge is 0.416 e. The zero-order valence-corrected chi connectivity index (χ0v) is 10.8. The normalized spacial score (nSPS) is 10.8. The van der Waals surface area contributed by atoms with Gasteiger partial charge in [0.15, 0.2) is 0 Å². The van der Waals surface area contributed by atoms with Gasteiger partial charge in [0.2, 0.25) is 0 Å². The van der Waals surface area contributed by atoms with Crippen molar-refractivity contribution in [3.05, 3.63) is 42.2 Å². The maximum absolute atomic E-state index is 11.4. The summed E-state index contributed by atoms with van der Waals surface area (Å²) in [6.45, 7) is 11.5. The highest BCUT2D eigenvalue weighted by Crippen LogP contribution is 2.24. The largest absolute Gasteiger partial charge is 0.416 e. The number of carbonyl (C=O) groups excluding carboxylic acids is 1. The van der Waals surface area contributed by atoms with Crippen LogP contribution in [0.3, 0.4) is 0 Å². The number of allylic oxidation sites excluding steroid dienone is 1. The van der Waals surface area contributed by atoms with Crippen molar-refractivity contribution >= 4 is 11.8 Å². The van der Waals surface area contributed by atoms with E-state index in [1.54, 1.807) is 6.92 Å². The van der Waals surface area contributed by atoms with Gasteiger partial charge in [0, 0.05) is 5.69 Å². The summed E-state index contributed by atoms with van der Waals surface area (Å²) in [6.07, 6.45) is -0.511. The van der Waals surface area contributed by atoms with Crippen molar-refractivity contribution in [2.24, 2.45) is 0 Å². The molecule has 1 rings (SSSR count). The zero-order valence-electron chi connectivity index (χ0n) is 10.8. The Balaban J connectivity index is 2.79. The summed E-state index contributed by atoms with van der Waals surface area (Å²) in [5.41, 5.74) is 1.94. The fourth-order valence-corrected chi connectivity index (χ4v) is 1.37. The molecule has 0 heterocycles. The molecule has 17 heavy (non-hydrogen) atoms. The van der Waals surface area contributed by atoms with Crippen molar-refractivity contribution in [3.8, 4) is 0 Å². The fraction of sp³-hybridized carbons (Fsp3) is 0.357. The van der Waals surface area contributed by atoms with Crippen molar-refractivity contribution in [2.45, 2.75) is 33.1 Å². The molecule has 3 heteroatoms. The summed E-state index contributed by atoms with van der Waals surface area (Å²) in [7, 11) is 0. The molecule has 0 unspecified atom stereocenters. The predicted molar refractivity (Wildman–Crippen MR) is 70.1 cm³/mol. The number of ether oxygens (including phenoxy) is 1. The molecule has 1 aromatic rings. The van der Waals surface area contributed by atoms with Crippen molar-refractivity contribution in [1.29, 1.82) is 0 Å². The van der Waals surface area contributed by atoms with Crippen LogP contribution in [0.15, 0.2) is 36.6 Å². The van der Waals surface area contributed by atoms with Gasteiger partial charge in [-0.2, -0.15) is 0 Å². The Hall–Kier alpha value is -1.77. The van der Waals surface area contributed by atoms with Crippen LogP contribution in [0.2, 0.25) is 0 Å². The van der Waals surface area contributed by atoms with Crippen LogP contribution in [-0.4, -0.2) is 6.09 Å². The molecule has 0 aliphatic carbocycles. The summed E-state index contributed by atoms with van der Waals surface area (Å²) in [5.74, 6) is 0.370. The monoisotopic (exact) mass is 233 g/mol. The van der Waals surface area contributed by atoms with Gasteiger partial charge < -0.3 is 4.74 Å². The van der Waals surface area contributed by atoms with Gasteiger partial charge in [-0.15, -0.1) is 0 Å². The van der Waals surface area contributed by atoms with Gasteiger partial charge in [0.25, 0.3) is 0 Å². The first-order valence-electron chi connectivity index (χ1n) is 5.54. The highest BCUT2D eigenvalue weighted by molar-refractivity contribution is 5.85. The van der Waals surface area contributed by atoms with Crippen LogP contribution in [0.4, 0.5) is 10.5 Å². The number of benzene rings is 1. The highest BCUT2D eigenvalue weighted by atomic mass is 16.6. The quantitative estimate of drug-likeness (QED) is 0.782. The van der Waals surface area contributed by atoms with Crippen LogP contribution in [0.1, 0.15) is 33.3 Å². The second kappa shape index (κ2) is 5.04. The van der Waals surface area contributed by atoms with E-state index < -0.39 is 6.09 Å². The first-order chi connectivity index (χ1) is 7.79. The van der Waals surface area contributed by atoms with E-state index >= 15 is 0 Å². The van der Waals surface area contributed by atoms with Crippen LogP contribution in [0.5, 0.6) is 0 Å². The lowest BCUT2D eigenvalue weighted by molar-refractivity contribution is 0.192. The van der Waals surface area contributed by atoms with E-state index in [1.807, 2.05) is 24.3 Å². The first kappa shape index (κ1) is 13.3. The molecular weight excluding hydrogens is 214 g/mol. The molecule has 3 nitrogen and oxygen atoms in total. The van der Waals surface area contributed by atoms with Crippen LogP contribution in [0, 0.1) is 0 Å². The number of amides is 1. The molecule has 0 atom stereocenters. The Morgan fingerprint density at radius 1 is 1.35 bits per heavy atom. The Labute approximate surface area is 102 Å². The number of rotatable bonds is 2. The standard InChI is InChI=1S/C14H19NO2/c1-10(2)17-13(16)15-12-8-6-7-11(9-12)14(3,4)5/h6-9H,1H2,2-5H3,(H,15,16). The molecule has 0 saturated carbocycles. The van der Waals surface area contributed by atoms with Crippen LogP contribution >= 0.6 is 0 Å². The lowest BCUT2D eigenvalue weighted by Gasteiger charge is -2.19. The minimum absolute atomic E-state index is 0.0515. The van der Waals surface area contributed by atoms with Gasteiger partial charge >= 0.3 is 6.09 Å². The van der Waals surface area contributed by atoms with Crippen molar-refractivity contribution in [1.82, 2.24) is 0 Å². The molecule has 0 aromatic heterocycles. The van der Waals surface area contributed by atoms with Gasteiger partial charge in [-0.25, -0.2) is 4.79 Å². The molecule has 0 aliphatic heterocycles. The average Bonchev–Trinajstić information content (AvgIpc) is 2.15. The van der Waals surface area contributed by atoms with Gasteiger partial charge in [-0.1, -0.05) is 39.5 Å². The van der Waals surface area contributed by atoms with E-state index in [2.05, 4.69) is 32.7 Å². The third-order valence-electron chi connectivity index (χ3n) is 2.24. The maximum Gasteiger partial charge on any atom is 0.416 e. The minimum Gasteiger partial charge on any atom is -0.416 e. The molecule has 1 aromatic carbocycles. The van der Waals surface area contributed by atoms with Crippen molar-refractivity contribution in [2.75, 3.05) is 5.32 Å². The molecule has 0 aliphatic rings. The molecule has 92 valence electrons. The third-order valence-corrected chi connectivity index (χ3v) is 2.24.